The van der Waals surface area contributed by atoms with Gasteiger partial charge in [0.15, 0.2) is 0 Å². The van der Waals surface area contributed by atoms with Crippen LogP contribution >= 0.6 is 0 Å². The number of hydrogen-bond acceptors (Lipinski definition) is 3. The van der Waals surface area contributed by atoms with E-state index < -0.39 is 0 Å². The highest BCUT2D eigenvalue weighted by Gasteiger charge is 2.17. The van der Waals surface area contributed by atoms with Crippen LogP contribution < -0.4 is 5.32 Å². The van der Waals surface area contributed by atoms with Gasteiger partial charge in [-0.15, -0.1) is 0 Å². The third-order valence-electron chi connectivity index (χ3n) is 2.79. The molecular formula is C11H24N2O. The number of nitrogens with one attached hydrogen (secondary N) is 1. The minimum absolute atomic E-state index is 0.497. The van der Waals surface area contributed by atoms with Gasteiger partial charge in [-0.05, 0) is 25.9 Å². The van der Waals surface area contributed by atoms with Gasteiger partial charge in [0, 0.05) is 26.2 Å². The molecule has 0 amide bonds. The van der Waals surface area contributed by atoms with E-state index in [1.807, 2.05) is 0 Å². The molecule has 0 saturated carbocycles. The number of nitrogens with zero attached hydrogens (tertiary/aromatic N) is 1. The minimum atomic E-state index is 0.497. The fourth-order valence-corrected chi connectivity index (χ4v) is 1.87. The Bertz CT molecular complexity index is 135. The maximum atomic E-state index is 5.63. The second-order valence-corrected chi connectivity index (χ2v) is 3.88. The number of hydrogen-bond donors (Lipinski definition) is 1. The van der Waals surface area contributed by atoms with Crippen molar-refractivity contribution in [3.8, 4) is 0 Å². The predicted molar refractivity (Wildman–Crippen MR) is 59.6 cm³/mol. The molecule has 1 unspecified atom stereocenters. The molecule has 1 fully saturated rings. The Balaban J connectivity index is 2.10. The van der Waals surface area contributed by atoms with Crippen LogP contribution in [0.3, 0.4) is 0 Å². The first-order chi connectivity index (χ1) is 6.86. The van der Waals surface area contributed by atoms with Crippen molar-refractivity contribution in [2.45, 2.75) is 32.8 Å². The SMILES string of the molecule is CCNCCN(CC)CC1CCCO1. The number of likely N-dealkylation sites (N-methyl/N-ethyl adjacent to an activating group) is 2. The van der Waals surface area contributed by atoms with Crippen LogP contribution in [0.25, 0.3) is 0 Å². The maximum Gasteiger partial charge on any atom is 0.0702 e. The van der Waals surface area contributed by atoms with Gasteiger partial charge in [-0.1, -0.05) is 13.8 Å². The lowest BCUT2D eigenvalue weighted by molar-refractivity contribution is 0.0752. The molecule has 1 rings (SSSR count). The van der Waals surface area contributed by atoms with Gasteiger partial charge in [-0.25, -0.2) is 0 Å². The highest BCUT2D eigenvalue weighted by Crippen LogP contribution is 2.12. The fraction of sp³-hybridized carbons (Fsp3) is 1.00. The van der Waals surface area contributed by atoms with Gasteiger partial charge in [0.25, 0.3) is 0 Å². The highest BCUT2D eigenvalue weighted by molar-refractivity contribution is 4.70. The average molecular weight is 200 g/mol. The molecule has 1 N–H and O–H groups in total. The van der Waals surface area contributed by atoms with Crippen LogP contribution in [-0.4, -0.2) is 50.3 Å². The van der Waals surface area contributed by atoms with E-state index in [1.54, 1.807) is 0 Å². The first kappa shape index (κ1) is 12.0. The Labute approximate surface area is 87.8 Å². The van der Waals surface area contributed by atoms with Crippen molar-refractivity contribution in [2.24, 2.45) is 0 Å². The molecule has 0 radical (unpaired) electrons. The summed E-state index contributed by atoms with van der Waals surface area (Å²) in [5.74, 6) is 0. The molecule has 0 bridgehead atoms. The molecule has 0 aromatic rings. The average Bonchev–Trinajstić information content (AvgIpc) is 2.69. The van der Waals surface area contributed by atoms with Gasteiger partial charge < -0.3 is 10.1 Å². The van der Waals surface area contributed by atoms with E-state index in [1.165, 1.54) is 12.8 Å². The maximum absolute atomic E-state index is 5.63. The zero-order valence-corrected chi connectivity index (χ0v) is 9.59. The summed E-state index contributed by atoms with van der Waals surface area (Å²) < 4.78 is 5.63. The largest absolute Gasteiger partial charge is 0.377 e. The second-order valence-electron chi connectivity index (χ2n) is 3.88. The lowest BCUT2D eigenvalue weighted by Gasteiger charge is -2.23. The van der Waals surface area contributed by atoms with Crippen molar-refractivity contribution >= 4 is 0 Å². The van der Waals surface area contributed by atoms with Crippen molar-refractivity contribution in [2.75, 3.05) is 39.3 Å². The van der Waals surface area contributed by atoms with Crippen molar-refractivity contribution in [3.05, 3.63) is 0 Å². The number of ether oxygens (including phenoxy) is 1. The summed E-state index contributed by atoms with van der Waals surface area (Å²) >= 11 is 0. The van der Waals surface area contributed by atoms with Crippen LogP contribution in [0, 0.1) is 0 Å². The molecule has 1 aliphatic heterocycles. The molecule has 84 valence electrons. The second kappa shape index (κ2) is 7.21. The fourth-order valence-electron chi connectivity index (χ4n) is 1.87. The quantitative estimate of drug-likeness (QED) is 0.623. The summed E-state index contributed by atoms with van der Waals surface area (Å²) in [6, 6.07) is 0. The Hall–Kier alpha value is -0.120. The summed E-state index contributed by atoms with van der Waals surface area (Å²) in [4.78, 5) is 2.47. The normalized spacial score (nSPS) is 22.1. The zero-order chi connectivity index (χ0) is 10.2. The van der Waals surface area contributed by atoms with Crippen molar-refractivity contribution in [3.63, 3.8) is 0 Å². The lowest BCUT2D eigenvalue weighted by Crippen LogP contribution is -2.37. The molecule has 14 heavy (non-hydrogen) atoms. The highest BCUT2D eigenvalue weighted by atomic mass is 16.5. The Morgan fingerprint density at radius 2 is 2.29 bits per heavy atom. The van der Waals surface area contributed by atoms with E-state index in [0.717, 1.165) is 39.3 Å². The molecule has 1 heterocycles. The smallest absolute Gasteiger partial charge is 0.0702 e. The Kier molecular flexibility index (Phi) is 6.15. The van der Waals surface area contributed by atoms with Crippen LogP contribution in [0.1, 0.15) is 26.7 Å². The molecule has 3 nitrogen and oxygen atoms in total. The van der Waals surface area contributed by atoms with Gasteiger partial charge in [0.2, 0.25) is 0 Å². The van der Waals surface area contributed by atoms with E-state index in [9.17, 15) is 0 Å². The summed E-state index contributed by atoms with van der Waals surface area (Å²) in [6.45, 7) is 10.9. The molecule has 0 aromatic carbocycles. The summed E-state index contributed by atoms with van der Waals surface area (Å²) in [5, 5.41) is 3.36. The van der Waals surface area contributed by atoms with Crippen LogP contribution in [-0.2, 0) is 4.74 Å². The molecular weight excluding hydrogens is 176 g/mol. The standard InChI is InChI=1S/C11H24N2O/c1-3-12-7-8-13(4-2)10-11-6-5-9-14-11/h11-12H,3-10H2,1-2H3. The Morgan fingerprint density at radius 3 is 2.86 bits per heavy atom. The zero-order valence-electron chi connectivity index (χ0n) is 9.59. The molecule has 0 aliphatic carbocycles. The minimum Gasteiger partial charge on any atom is -0.377 e. The molecule has 0 aromatic heterocycles. The third kappa shape index (κ3) is 4.40. The first-order valence-electron chi connectivity index (χ1n) is 5.91. The van der Waals surface area contributed by atoms with Crippen LogP contribution in [0.15, 0.2) is 0 Å². The molecule has 1 aliphatic rings. The van der Waals surface area contributed by atoms with Gasteiger partial charge in [0.1, 0.15) is 0 Å². The van der Waals surface area contributed by atoms with Gasteiger partial charge >= 0.3 is 0 Å². The molecule has 3 heteroatoms. The predicted octanol–water partition coefficient (Wildman–Crippen LogP) is 1.10. The van der Waals surface area contributed by atoms with Crippen LogP contribution in [0.4, 0.5) is 0 Å². The third-order valence-corrected chi connectivity index (χ3v) is 2.79. The van der Waals surface area contributed by atoms with E-state index in [0.29, 0.717) is 6.10 Å². The van der Waals surface area contributed by atoms with E-state index in [2.05, 4.69) is 24.1 Å². The van der Waals surface area contributed by atoms with E-state index in [4.69, 9.17) is 4.74 Å². The van der Waals surface area contributed by atoms with Crippen LogP contribution in [0.2, 0.25) is 0 Å². The number of rotatable bonds is 7. The van der Waals surface area contributed by atoms with Crippen molar-refractivity contribution in [1.29, 1.82) is 0 Å². The molecule has 0 spiro atoms. The monoisotopic (exact) mass is 200 g/mol. The summed E-state index contributed by atoms with van der Waals surface area (Å²) in [5.41, 5.74) is 0. The first-order valence-corrected chi connectivity index (χ1v) is 5.91. The van der Waals surface area contributed by atoms with Gasteiger partial charge in [0.05, 0.1) is 6.10 Å². The van der Waals surface area contributed by atoms with Gasteiger partial charge in [-0.2, -0.15) is 0 Å². The van der Waals surface area contributed by atoms with E-state index >= 15 is 0 Å². The lowest BCUT2D eigenvalue weighted by atomic mass is 10.2. The van der Waals surface area contributed by atoms with Crippen molar-refractivity contribution < 1.29 is 4.74 Å². The summed E-state index contributed by atoms with van der Waals surface area (Å²) in [7, 11) is 0. The summed E-state index contributed by atoms with van der Waals surface area (Å²) in [6.07, 6.45) is 2.99. The Morgan fingerprint density at radius 1 is 1.43 bits per heavy atom. The van der Waals surface area contributed by atoms with Gasteiger partial charge in [-0.3, -0.25) is 4.90 Å². The molecule has 1 atom stereocenters. The molecule has 1 saturated heterocycles. The van der Waals surface area contributed by atoms with Crippen LogP contribution in [0.5, 0.6) is 0 Å². The van der Waals surface area contributed by atoms with E-state index in [-0.39, 0.29) is 0 Å². The van der Waals surface area contributed by atoms with Crippen molar-refractivity contribution in [1.82, 2.24) is 10.2 Å². The topological polar surface area (TPSA) is 24.5 Å².